The Bertz CT molecular complexity index is 1140. The molecule has 0 fully saturated rings. The molecule has 3 aromatic heterocycles. The van der Waals surface area contributed by atoms with Crippen LogP contribution in [0.15, 0.2) is 60.2 Å². The van der Waals surface area contributed by atoms with Crippen molar-refractivity contribution in [2.24, 2.45) is 0 Å². The molecule has 1 atom stereocenters. The lowest BCUT2D eigenvalue weighted by molar-refractivity contribution is -0.124. The van der Waals surface area contributed by atoms with Crippen molar-refractivity contribution in [1.29, 1.82) is 0 Å². The maximum absolute atomic E-state index is 12.9. The third-order valence-corrected chi connectivity index (χ3v) is 5.83. The maximum atomic E-state index is 12.9. The van der Waals surface area contributed by atoms with Crippen LogP contribution in [0.3, 0.4) is 0 Å². The molecule has 4 aromatic rings. The highest BCUT2D eigenvalue weighted by Gasteiger charge is 2.21. The summed E-state index contributed by atoms with van der Waals surface area (Å²) in [6, 6.07) is 13.3. The lowest BCUT2D eigenvalue weighted by atomic mass is 10.1. The molecule has 148 valence electrons. The number of benzene rings is 1. The zero-order chi connectivity index (χ0) is 20.2. The standard InChI is InChI=1S/C20H20N6OS2/c1-14(26-18(23-24-20(26)28)17-8-4-11-29-17)19(27)21-12-15-6-2-3-7-16(15)13-25-10-5-9-22-25/h2-11,14H,12-13H2,1H3,(H,21,27)(H,24,28). The Morgan fingerprint density at radius 1 is 1.24 bits per heavy atom. The van der Waals surface area contributed by atoms with Gasteiger partial charge >= 0.3 is 0 Å². The molecule has 2 N–H and O–H groups in total. The molecule has 9 heteroatoms. The van der Waals surface area contributed by atoms with Gasteiger partial charge in [-0.25, -0.2) is 0 Å². The molecule has 3 heterocycles. The molecular formula is C20H20N6OS2. The summed E-state index contributed by atoms with van der Waals surface area (Å²) in [5.41, 5.74) is 2.17. The monoisotopic (exact) mass is 424 g/mol. The van der Waals surface area contributed by atoms with E-state index in [0.29, 0.717) is 23.7 Å². The van der Waals surface area contributed by atoms with E-state index in [0.717, 1.165) is 16.0 Å². The van der Waals surface area contributed by atoms with Gasteiger partial charge in [0.15, 0.2) is 10.6 Å². The summed E-state index contributed by atoms with van der Waals surface area (Å²) in [5, 5.41) is 16.4. The lowest BCUT2D eigenvalue weighted by Gasteiger charge is -2.16. The maximum Gasteiger partial charge on any atom is 0.243 e. The van der Waals surface area contributed by atoms with E-state index in [1.807, 2.05) is 65.6 Å². The molecule has 4 rings (SSSR count). The third kappa shape index (κ3) is 4.20. The van der Waals surface area contributed by atoms with Gasteiger partial charge in [-0.3, -0.25) is 19.1 Å². The van der Waals surface area contributed by atoms with Gasteiger partial charge in [0.25, 0.3) is 0 Å². The summed E-state index contributed by atoms with van der Waals surface area (Å²) >= 11 is 6.92. The number of nitrogens with zero attached hydrogens (tertiary/aromatic N) is 4. The van der Waals surface area contributed by atoms with Gasteiger partial charge in [0.2, 0.25) is 5.91 Å². The largest absolute Gasteiger partial charge is 0.350 e. The molecule has 0 spiro atoms. The Balaban J connectivity index is 1.49. The lowest BCUT2D eigenvalue weighted by Crippen LogP contribution is -2.31. The topological polar surface area (TPSA) is 80.5 Å². The summed E-state index contributed by atoms with van der Waals surface area (Å²) < 4.78 is 4.04. The number of hydrogen-bond acceptors (Lipinski definition) is 5. The normalized spacial score (nSPS) is 12.0. The highest BCUT2D eigenvalue weighted by atomic mass is 32.1. The van der Waals surface area contributed by atoms with E-state index >= 15 is 0 Å². The van der Waals surface area contributed by atoms with Crippen LogP contribution in [0, 0.1) is 4.77 Å². The first-order valence-electron chi connectivity index (χ1n) is 9.16. The van der Waals surface area contributed by atoms with Crippen LogP contribution in [0.5, 0.6) is 0 Å². The minimum Gasteiger partial charge on any atom is -0.350 e. The molecule has 0 aliphatic rings. The van der Waals surface area contributed by atoms with Gasteiger partial charge in [-0.2, -0.15) is 10.2 Å². The van der Waals surface area contributed by atoms with Crippen LogP contribution < -0.4 is 5.32 Å². The highest BCUT2D eigenvalue weighted by Crippen LogP contribution is 2.25. The summed E-state index contributed by atoms with van der Waals surface area (Å²) in [6.07, 6.45) is 3.68. The molecule has 0 aliphatic heterocycles. The predicted molar refractivity (Wildman–Crippen MR) is 115 cm³/mol. The van der Waals surface area contributed by atoms with E-state index in [1.165, 1.54) is 0 Å². The van der Waals surface area contributed by atoms with Gasteiger partial charge in [-0.1, -0.05) is 30.3 Å². The molecule has 0 aliphatic carbocycles. The van der Waals surface area contributed by atoms with Crippen molar-refractivity contribution in [2.45, 2.75) is 26.1 Å². The number of carbonyl (C=O) groups is 1. The van der Waals surface area contributed by atoms with Crippen molar-refractivity contribution in [3.05, 3.63) is 76.1 Å². The average Bonchev–Trinajstić information content (AvgIpc) is 3.48. The molecule has 0 saturated heterocycles. The SMILES string of the molecule is CC(C(=O)NCc1ccccc1Cn1cccn1)n1c(-c2cccs2)n[nH]c1=S. The number of aromatic nitrogens is 5. The first-order chi connectivity index (χ1) is 14.1. The highest BCUT2D eigenvalue weighted by molar-refractivity contribution is 7.71. The van der Waals surface area contributed by atoms with E-state index in [1.54, 1.807) is 22.1 Å². The molecule has 0 saturated carbocycles. The van der Waals surface area contributed by atoms with E-state index < -0.39 is 6.04 Å². The van der Waals surface area contributed by atoms with Crippen LogP contribution in [0.4, 0.5) is 0 Å². The molecular weight excluding hydrogens is 404 g/mol. The fourth-order valence-corrected chi connectivity index (χ4v) is 4.14. The van der Waals surface area contributed by atoms with Crippen molar-refractivity contribution < 1.29 is 4.79 Å². The number of aromatic amines is 1. The van der Waals surface area contributed by atoms with Gasteiger partial charge in [0, 0.05) is 18.9 Å². The summed E-state index contributed by atoms with van der Waals surface area (Å²) in [4.78, 5) is 13.8. The first-order valence-corrected chi connectivity index (χ1v) is 10.4. The minimum atomic E-state index is -0.489. The van der Waals surface area contributed by atoms with Crippen molar-refractivity contribution in [1.82, 2.24) is 29.9 Å². The predicted octanol–water partition coefficient (Wildman–Crippen LogP) is 3.79. The Kier molecular flexibility index (Phi) is 5.68. The van der Waals surface area contributed by atoms with Crippen LogP contribution in [0.2, 0.25) is 0 Å². The van der Waals surface area contributed by atoms with Crippen LogP contribution >= 0.6 is 23.6 Å². The number of rotatable bonds is 7. The van der Waals surface area contributed by atoms with Gasteiger partial charge < -0.3 is 5.32 Å². The molecule has 29 heavy (non-hydrogen) atoms. The van der Waals surface area contributed by atoms with E-state index in [4.69, 9.17) is 12.2 Å². The quantitative estimate of drug-likeness (QED) is 0.442. The number of amides is 1. The Labute approximate surface area is 177 Å². The Morgan fingerprint density at radius 2 is 2.07 bits per heavy atom. The fraction of sp³-hybridized carbons (Fsp3) is 0.200. The van der Waals surface area contributed by atoms with Gasteiger partial charge in [0.1, 0.15) is 6.04 Å². The second kappa shape index (κ2) is 8.54. The smallest absolute Gasteiger partial charge is 0.243 e. The average molecular weight is 425 g/mol. The van der Waals surface area contributed by atoms with E-state index in [9.17, 15) is 4.79 Å². The molecule has 7 nitrogen and oxygen atoms in total. The zero-order valence-electron chi connectivity index (χ0n) is 15.8. The molecule has 1 amide bonds. The van der Waals surface area contributed by atoms with Gasteiger partial charge in [-0.15, -0.1) is 11.3 Å². The van der Waals surface area contributed by atoms with Gasteiger partial charge in [0.05, 0.1) is 11.4 Å². The Hall–Kier alpha value is -3.04. The minimum absolute atomic E-state index is 0.116. The number of carbonyl (C=O) groups excluding carboxylic acids is 1. The molecule has 0 bridgehead atoms. The fourth-order valence-electron chi connectivity index (χ4n) is 3.14. The van der Waals surface area contributed by atoms with Crippen LogP contribution in [-0.2, 0) is 17.9 Å². The first kappa shape index (κ1) is 19.3. The van der Waals surface area contributed by atoms with Crippen molar-refractivity contribution in [3.63, 3.8) is 0 Å². The third-order valence-electron chi connectivity index (χ3n) is 4.68. The van der Waals surface area contributed by atoms with Crippen LogP contribution in [0.1, 0.15) is 24.1 Å². The molecule has 1 aromatic carbocycles. The number of nitrogens with one attached hydrogen (secondary N) is 2. The zero-order valence-corrected chi connectivity index (χ0v) is 17.4. The summed E-state index contributed by atoms with van der Waals surface area (Å²) in [5.74, 6) is 0.556. The van der Waals surface area contributed by atoms with E-state index in [-0.39, 0.29) is 5.91 Å². The van der Waals surface area contributed by atoms with Crippen molar-refractivity contribution >= 4 is 29.5 Å². The van der Waals surface area contributed by atoms with Crippen molar-refractivity contribution in [2.75, 3.05) is 0 Å². The van der Waals surface area contributed by atoms with E-state index in [2.05, 4.69) is 20.6 Å². The van der Waals surface area contributed by atoms with Gasteiger partial charge in [-0.05, 0) is 47.8 Å². The van der Waals surface area contributed by atoms with Crippen LogP contribution in [-0.4, -0.2) is 30.5 Å². The number of thiophene rings is 1. The molecule has 1 unspecified atom stereocenters. The molecule has 0 radical (unpaired) electrons. The number of hydrogen-bond donors (Lipinski definition) is 2. The summed E-state index contributed by atoms with van der Waals surface area (Å²) in [7, 11) is 0. The Morgan fingerprint density at radius 3 is 2.79 bits per heavy atom. The summed E-state index contributed by atoms with van der Waals surface area (Å²) in [6.45, 7) is 2.91. The van der Waals surface area contributed by atoms with Crippen molar-refractivity contribution in [3.8, 4) is 10.7 Å². The number of H-pyrrole nitrogens is 1. The van der Waals surface area contributed by atoms with Crippen LogP contribution in [0.25, 0.3) is 10.7 Å². The second-order valence-corrected chi connectivity index (χ2v) is 7.90. The second-order valence-electron chi connectivity index (χ2n) is 6.57.